The Morgan fingerprint density at radius 1 is 1.24 bits per heavy atom. The van der Waals surface area contributed by atoms with Gasteiger partial charge in [0.2, 0.25) is 0 Å². The van der Waals surface area contributed by atoms with E-state index in [1.807, 2.05) is 18.2 Å². The standard InChI is InChI=1S/C24H23ClN6O3/c1-34-18-9-4-7-15(12-18)24(33)30-11-5-8-17(13-30)21-26-22-20(23(32)27-21)28-29-31(22)14-16-6-2-3-10-19(16)25/h2-4,6-7,9-10,12,17H,5,8,11,13-14H2,1H3,(H,26,27,32)/t17-/m1/s1. The molecule has 0 spiro atoms. The molecule has 3 heterocycles. The number of ether oxygens (including phenoxy) is 1. The Labute approximate surface area is 200 Å². The van der Waals surface area contributed by atoms with Crippen molar-refractivity contribution in [3.63, 3.8) is 0 Å². The number of amides is 1. The summed E-state index contributed by atoms with van der Waals surface area (Å²) in [6.45, 7) is 1.44. The fourth-order valence-electron chi connectivity index (χ4n) is 4.29. The third-order valence-electron chi connectivity index (χ3n) is 6.08. The topological polar surface area (TPSA) is 106 Å². The summed E-state index contributed by atoms with van der Waals surface area (Å²) >= 11 is 6.30. The van der Waals surface area contributed by atoms with E-state index in [0.29, 0.717) is 47.4 Å². The third kappa shape index (κ3) is 4.26. The van der Waals surface area contributed by atoms with Crippen molar-refractivity contribution >= 4 is 28.7 Å². The van der Waals surface area contributed by atoms with Gasteiger partial charge in [-0.15, -0.1) is 5.10 Å². The number of hydrogen-bond donors (Lipinski definition) is 1. The number of nitrogens with zero attached hydrogens (tertiary/aromatic N) is 5. The van der Waals surface area contributed by atoms with Gasteiger partial charge in [-0.25, -0.2) is 9.67 Å². The van der Waals surface area contributed by atoms with Crippen LogP contribution in [0.1, 0.15) is 40.5 Å². The predicted octanol–water partition coefficient (Wildman–Crippen LogP) is 3.24. The zero-order chi connectivity index (χ0) is 23.7. The quantitative estimate of drug-likeness (QED) is 0.472. The molecule has 174 valence electrons. The zero-order valence-electron chi connectivity index (χ0n) is 18.6. The van der Waals surface area contributed by atoms with Gasteiger partial charge < -0.3 is 14.6 Å². The van der Waals surface area contributed by atoms with Crippen LogP contribution in [0.15, 0.2) is 53.3 Å². The second-order valence-electron chi connectivity index (χ2n) is 8.28. The fraction of sp³-hybridized carbons (Fsp3) is 0.292. The highest BCUT2D eigenvalue weighted by molar-refractivity contribution is 6.31. The maximum atomic E-state index is 13.1. The largest absolute Gasteiger partial charge is 0.497 e. The van der Waals surface area contributed by atoms with Crippen LogP contribution in [0, 0.1) is 0 Å². The summed E-state index contributed by atoms with van der Waals surface area (Å²) in [6, 6.07) is 14.6. The van der Waals surface area contributed by atoms with Gasteiger partial charge >= 0.3 is 0 Å². The Balaban J connectivity index is 1.42. The Morgan fingerprint density at radius 3 is 2.91 bits per heavy atom. The van der Waals surface area contributed by atoms with Gasteiger partial charge in [-0.2, -0.15) is 0 Å². The first-order chi connectivity index (χ1) is 16.5. The molecular weight excluding hydrogens is 456 g/mol. The first-order valence-corrected chi connectivity index (χ1v) is 11.4. The number of rotatable bonds is 5. The lowest BCUT2D eigenvalue weighted by Crippen LogP contribution is -2.40. The first kappa shape index (κ1) is 22.1. The lowest BCUT2D eigenvalue weighted by molar-refractivity contribution is 0.0704. The van der Waals surface area contributed by atoms with Crippen molar-refractivity contribution < 1.29 is 9.53 Å². The summed E-state index contributed by atoms with van der Waals surface area (Å²) < 4.78 is 6.83. The van der Waals surface area contributed by atoms with E-state index in [2.05, 4.69) is 15.3 Å². The number of carbonyl (C=O) groups excluding carboxylic acids is 1. The number of likely N-dealkylation sites (tertiary alicyclic amines) is 1. The molecule has 1 saturated heterocycles. The molecule has 2 aromatic heterocycles. The Kier molecular flexibility index (Phi) is 6.02. The maximum absolute atomic E-state index is 13.1. The van der Waals surface area contributed by atoms with Crippen LogP contribution in [0.5, 0.6) is 5.75 Å². The fourth-order valence-corrected chi connectivity index (χ4v) is 4.49. The van der Waals surface area contributed by atoms with E-state index in [-0.39, 0.29) is 22.9 Å². The lowest BCUT2D eigenvalue weighted by atomic mass is 9.96. The van der Waals surface area contributed by atoms with Crippen LogP contribution in [0.4, 0.5) is 0 Å². The number of halogens is 1. The molecule has 1 aliphatic rings. The van der Waals surface area contributed by atoms with Gasteiger partial charge in [-0.3, -0.25) is 9.59 Å². The lowest BCUT2D eigenvalue weighted by Gasteiger charge is -2.32. The molecule has 0 saturated carbocycles. The van der Waals surface area contributed by atoms with Crippen molar-refractivity contribution in [2.45, 2.75) is 25.3 Å². The minimum atomic E-state index is -0.346. The van der Waals surface area contributed by atoms with Crippen LogP contribution in [0.25, 0.3) is 11.2 Å². The van der Waals surface area contributed by atoms with Crippen LogP contribution in [-0.4, -0.2) is 56.0 Å². The first-order valence-electron chi connectivity index (χ1n) is 11.0. The minimum absolute atomic E-state index is 0.0718. The average molecular weight is 479 g/mol. The number of piperidine rings is 1. The van der Waals surface area contributed by atoms with Gasteiger partial charge in [0.25, 0.3) is 11.5 Å². The summed E-state index contributed by atoms with van der Waals surface area (Å²) in [7, 11) is 1.57. The van der Waals surface area contributed by atoms with Crippen LogP contribution in [-0.2, 0) is 6.54 Å². The average Bonchev–Trinajstić information content (AvgIpc) is 3.28. The molecule has 5 rings (SSSR count). The molecule has 0 radical (unpaired) electrons. The molecule has 0 aliphatic carbocycles. The summed E-state index contributed by atoms with van der Waals surface area (Å²) in [5, 5.41) is 8.75. The smallest absolute Gasteiger partial charge is 0.281 e. The van der Waals surface area contributed by atoms with E-state index in [0.717, 1.165) is 18.4 Å². The van der Waals surface area contributed by atoms with Crippen molar-refractivity contribution in [2.75, 3.05) is 20.2 Å². The van der Waals surface area contributed by atoms with Gasteiger partial charge in [0, 0.05) is 29.6 Å². The zero-order valence-corrected chi connectivity index (χ0v) is 19.3. The van der Waals surface area contributed by atoms with E-state index >= 15 is 0 Å². The van der Waals surface area contributed by atoms with E-state index in [1.165, 1.54) is 0 Å². The second kappa shape index (κ2) is 9.26. The molecule has 0 bridgehead atoms. The number of fused-ring (bicyclic) bond motifs is 1. The number of carbonyl (C=O) groups is 1. The van der Waals surface area contributed by atoms with Crippen LogP contribution >= 0.6 is 11.6 Å². The molecule has 10 heteroatoms. The maximum Gasteiger partial charge on any atom is 0.281 e. The van der Waals surface area contributed by atoms with E-state index in [4.69, 9.17) is 21.3 Å². The summed E-state index contributed by atoms with van der Waals surface area (Å²) in [5.74, 6) is 0.986. The molecule has 4 aromatic rings. The Bertz CT molecular complexity index is 1420. The van der Waals surface area contributed by atoms with Crippen LogP contribution < -0.4 is 10.3 Å². The van der Waals surface area contributed by atoms with Crippen molar-refractivity contribution in [2.24, 2.45) is 0 Å². The molecule has 0 unspecified atom stereocenters. The van der Waals surface area contributed by atoms with Crippen molar-refractivity contribution in [1.29, 1.82) is 0 Å². The van der Waals surface area contributed by atoms with E-state index in [1.54, 1.807) is 47.0 Å². The summed E-state index contributed by atoms with van der Waals surface area (Å²) in [6.07, 6.45) is 1.61. The number of methoxy groups -OCH3 is 1. The van der Waals surface area contributed by atoms with E-state index < -0.39 is 0 Å². The summed E-state index contributed by atoms with van der Waals surface area (Å²) in [5.41, 5.74) is 1.65. The van der Waals surface area contributed by atoms with Crippen molar-refractivity contribution in [1.82, 2.24) is 29.9 Å². The number of benzene rings is 2. The molecule has 1 atom stereocenters. The molecule has 1 aliphatic heterocycles. The normalized spacial score (nSPS) is 16.1. The minimum Gasteiger partial charge on any atom is -0.497 e. The van der Waals surface area contributed by atoms with Crippen molar-refractivity contribution in [3.8, 4) is 5.75 Å². The molecule has 2 aromatic carbocycles. The van der Waals surface area contributed by atoms with Gasteiger partial charge in [0.05, 0.1) is 13.7 Å². The van der Waals surface area contributed by atoms with Gasteiger partial charge in [-0.05, 0) is 42.7 Å². The Morgan fingerprint density at radius 2 is 2.09 bits per heavy atom. The molecule has 1 amide bonds. The highest BCUT2D eigenvalue weighted by Crippen LogP contribution is 2.26. The van der Waals surface area contributed by atoms with Gasteiger partial charge in [0.1, 0.15) is 11.6 Å². The summed E-state index contributed by atoms with van der Waals surface area (Å²) in [4.78, 5) is 35.2. The number of aromatic nitrogens is 5. The van der Waals surface area contributed by atoms with Crippen LogP contribution in [0.2, 0.25) is 5.02 Å². The molecular formula is C24H23ClN6O3. The predicted molar refractivity (Wildman–Crippen MR) is 127 cm³/mol. The van der Waals surface area contributed by atoms with Gasteiger partial charge in [0.15, 0.2) is 11.2 Å². The highest BCUT2D eigenvalue weighted by Gasteiger charge is 2.28. The number of hydrogen-bond acceptors (Lipinski definition) is 6. The molecule has 1 fully saturated rings. The van der Waals surface area contributed by atoms with Crippen LogP contribution in [0.3, 0.4) is 0 Å². The molecule has 34 heavy (non-hydrogen) atoms. The molecule has 1 N–H and O–H groups in total. The number of nitrogens with one attached hydrogen (secondary N) is 1. The third-order valence-corrected chi connectivity index (χ3v) is 6.45. The number of H-pyrrole nitrogens is 1. The molecule has 9 nitrogen and oxygen atoms in total. The van der Waals surface area contributed by atoms with E-state index in [9.17, 15) is 9.59 Å². The monoisotopic (exact) mass is 478 g/mol. The van der Waals surface area contributed by atoms with Gasteiger partial charge in [-0.1, -0.05) is 41.1 Å². The number of aromatic amines is 1. The Hall–Kier alpha value is -3.72. The SMILES string of the molecule is COc1cccc(C(=O)N2CCC[C@@H](c3nc4c(nnn4Cc4ccccc4Cl)c(=O)[nH]3)C2)c1. The highest BCUT2D eigenvalue weighted by atomic mass is 35.5. The second-order valence-corrected chi connectivity index (χ2v) is 8.69. The van der Waals surface area contributed by atoms with Crippen molar-refractivity contribution in [3.05, 3.63) is 80.9 Å².